The molecule has 0 saturated heterocycles. The highest BCUT2D eigenvalue weighted by atomic mass is 15.6. The zero-order chi connectivity index (χ0) is 77.9. The number of allylic oxidation sites excluding steroid dienone is 4. The molecule has 0 radical (unpaired) electrons. The monoisotopic (exact) mass is 1360 g/mol. The van der Waals surface area contributed by atoms with Gasteiger partial charge in [0.05, 0.1) is 58.2 Å². The molecule has 24 nitrogen and oxygen atoms in total. The Kier molecular flexibility index (Phi) is 56.0. The van der Waals surface area contributed by atoms with Crippen LogP contribution in [-0.4, -0.2) is 119 Å². The third-order valence-corrected chi connectivity index (χ3v) is 11.0. The summed E-state index contributed by atoms with van der Waals surface area (Å²) in [5.74, 6) is 2.22. The van der Waals surface area contributed by atoms with E-state index in [0.717, 1.165) is 11.6 Å². The molecule has 9 rings (SSSR count). The van der Waals surface area contributed by atoms with Gasteiger partial charge in [-0.3, -0.25) is 4.68 Å². The van der Waals surface area contributed by atoms with Gasteiger partial charge in [-0.15, -0.1) is 30.6 Å². The number of tetrazole rings is 2. The molecule has 1 aliphatic rings. The van der Waals surface area contributed by atoms with Crippen LogP contribution in [0.3, 0.4) is 0 Å². The highest BCUT2D eigenvalue weighted by Crippen LogP contribution is 2.30. The van der Waals surface area contributed by atoms with Crippen LogP contribution in [0, 0.1) is 25.2 Å². The minimum Gasteiger partial charge on any atom is -0.332 e. The van der Waals surface area contributed by atoms with Gasteiger partial charge in [-0.1, -0.05) is 147 Å². The maximum atomic E-state index is 4.10. The summed E-state index contributed by atoms with van der Waals surface area (Å²) >= 11 is 0. The van der Waals surface area contributed by atoms with E-state index in [1.165, 1.54) is 0 Å². The van der Waals surface area contributed by atoms with Crippen LogP contribution in [-0.2, 0) is 44.3 Å². The molecule has 97 heavy (non-hydrogen) atoms. The van der Waals surface area contributed by atoms with E-state index >= 15 is 0 Å². The van der Waals surface area contributed by atoms with Crippen LogP contribution in [0.1, 0.15) is 296 Å². The number of hydrogen-bond acceptors (Lipinski definition) is 16. The molecule has 24 heteroatoms. The summed E-state index contributed by atoms with van der Waals surface area (Å²) in [7, 11) is 0. The quantitative estimate of drug-likeness (QED) is 0.137. The fourth-order valence-corrected chi connectivity index (χ4v) is 5.98. The fourth-order valence-electron chi connectivity index (χ4n) is 5.98. The van der Waals surface area contributed by atoms with E-state index in [1.807, 2.05) is 181 Å². The Morgan fingerprint density at radius 2 is 0.794 bits per heavy atom. The molecule has 0 spiro atoms. The molecule has 0 unspecified atom stereocenters. The third-order valence-electron chi connectivity index (χ3n) is 11.0. The molecule has 560 valence electrons. The molecule has 0 saturated carbocycles. The maximum absolute atomic E-state index is 4.10. The molecule has 8 aromatic heterocycles. The second kappa shape index (κ2) is 52.7. The van der Waals surface area contributed by atoms with Crippen LogP contribution in [0.15, 0.2) is 112 Å². The van der Waals surface area contributed by atoms with Crippen LogP contribution in [0.5, 0.6) is 0 Å². The first kappa shape index (κ1) is 103. The summed E-state index contributed by atoms with van der Waals surface area (Å²) in [6.45, 7) is 88.6. The number of aryl methyl sites for hydroxylation is 2. The Balaban J connectivity index is -0.000000184. The summed E-state index contributed by atoms with van der Waals surface area (Å²) < 4.78 is 11.4. The topological polar surface area (TPSA) is 246 Å². The van der Waals surface area contributed by atoms with Crippen molar-refractivity contribution in [3.63, 3.8) is 0 Å². The van der Waals surface area contributed by atoms with Crippen molar-refractivity contribution in [2.75, 3.05) is 0 Å². The van der Waals surface area contributed by atoms with Gasteiger partial charge in [-0.2, -0.15) is 30.0 Å². The zero-order valence-electron chi connectivity index (χ0n) is 70.2. The second-order valence-corrected chi connectivity index (χ2v) is 28.6. The zero-order valence-corrected chi connectivity index (χ0v) is 70.2. The van der Waals surface area contributed by atoms with Crippen molar-refractivity contribution in [1.29, 1.82) is 0 Å². The van der Waals surface area contributed by atoms with Crippen LogP contribution >= 0.6 is 0 Å². The molecule has 0 atom stereocenters. The largest absolute Gasteiger partial charge is 0.332 e. The van der Waals surface area contributed by atoms with E-state index in [9.17, 15) is 0 Å². The van der Waals surface area contributed by atoms with Crippen molar-refractivity contribution < 1.29 is 0 Å². The smallest absolute Gasteiger partial charge is 0.171 e. The van der Waals surface area contributed by atoms with Crippen molar-refractivity contribution in [3.05, 3.63) is 123 Å². The Hall–Kier alpha value is -7.40. The molecule has 0 fully saturated rings. The number of nitrogens with zero attached hydrogens (tertiary/aromatic N) is 24. The molecule has 0 amide bonds. The van der Waals surface area contributed by atoms with Gasteiger partial charge in [-0.05, 0) is 207 Å². The average Bonchev–Trinajstić information content (AvgIpc) is 1.74. The summed E-state index contributed by atoms with van der Waals surface area (Å²) in [5, 5.41) is 53.9. The summed E-state index contributed by atoms with van der Waals surface area (Å²) in [5.41, 5.74) is 0.915. The van der Waals surface area contributed by atoms with E-state index in [1.54, 1.807) is 70.6 Å². The summed E-state index contributed by atoms with van der Waals surface area (Å²) in [6.07, 6.45) is 31.7. The van der Waals surface area contributed by atoms with Crippen molar-refractivity contribution >= 4 is 0 Å². The minimum atomic E-state index is -0.0543. The number of hydrogen-bond donors (Lipinski definition) is 0. The standard InChI is InChI=1S/C9H14.2C7H12N2.2C6H12N4.4C6H11N3.7C2H6/c1-9(2,3)8-6-4-5-7-8;1-7(2,3)9-5-4-8-6-9;1-7(2,3)9-6-4-5-8-9;1-5-7-8-9-10(5)6(2,3)4;1-5-7-9-10(8-5)6(2,3)4;1-6(2,3)9-4-7-8-5-9;1-6(2,3)9-5-7-4-8-9;1-6(2,3)9-5-4-7-8-9;1-6(2,3)9-7-4-5-8-9;7*1-2/h4-8H,1-3H3;2*4-6H,1-3H3;2*1-4H3;4*4-5H,1-3H3;7*1-2H3. The molecular weight excluding hydrogens is 1210 g/mol. The lowest BCUT2D eigenvalue weighted by atomic mass is 9.82. The molecule has 0 bridgehead atoms. The van der Waals surface area contributed by atoms with Gasteiger partial charge >= 0.3 is 0 Å². The van der Waals surface area contributed by atoms with E-state index in [0.29, 0.717) is 11.3 Å². The molecular formula is C73H148N24. The van der Waals surface area contributed by atoms with Crippen molar-refractivity contribution in [3.8, 4) is 0 Å². The molecule has 8 heterocycles. The predicted molar refractivity (Wildman–Crippen MR) is 410 cm³/mol. The van der Waals surface area contributed by atoms with Crippen LogP contribution in [0.4, 0.5) is 0 Å². The number of imidazole rings is 1. The first-order chi connectivity index (χ1) is 44.8. The van der Waals surface area contributed by atoms with E-state index in [4.69, 9.17) is 0 Å². The lowest BCUT2D eigenvalue weighted by molar-refractivity contribution is 0.305. The highest BCUT2D eigenvalue weighted by molar-refractivity contribution is 5.19. The Bertz CT molecular complexity index is 2540. The van der Waals surface area contributed by atoms with Gasteiger partial charge in [0.25, 0.3) is 0 Å². The minimum absolute atomic E-state index is 0.00637. The van der Waals surface area contributed by atoms with Gasteiger partial charge in [0.15, 0.2) is 5.82 Å². The maximum Gasteiger partial charge on any atom is 0.171 e. The highest BCUT2D eigenvalue weighted by Gasteiger charge is 2.21. The lowest BCUT2D eigenvalue weighted by Gasteiger charge is -2.23. The molecule has 0 aliphatic heterocycles. The van der Waals surface area contributed by atoms with Crippen LogP contribution in [0.25, 0.3) is 0 Å². The van der Waals surface area contributed by atoms with Gasteiger partial charge in [0, 0.05) is 48.0 Å². The second-order valence-electron chi connectivity index (χ2n) is 28.6. The lowest BCUT2D eigenvalue weighted by Crippen LogP contribution is -2.24. The van der Waals surface area contributed by atoms with Gasteiger partial charge < -0.3 is 9.13 Å². The van der Waals surface area contributed by atoms with Gasteiger partial charge in [0.2, 0.25) is 0 Å². The Labute approximate surface area is 593 Å². The number of rotatable bonds is 0. The van der Waals surface area contributed by atoms with Crippen LogP contribution in [0.2, 0.25) is 0 Å². The Morgan fingerprint density at radius 3 is 0.979 bits per heavy atom. The normalized spacial score (nSPS) is 11.3. The third kappa shape index (κ3) is 50.6. The summed E-state index contributed by atoms with van der Waals surface area (Å²) in [4.78, 5) is 11.1. The molecule has 0 aromatic carbocycles. The molecule has 8 aromatic rings. The first-order valence-corrected chi connectivity index (χ1v) is 35.1. The predicted octanol–water partition coefficient (Wildman–Crippen LogP) is 18.8. The van der Waals surface area contributed by atoms with Crippen molar-refractivity contribution in [2.24, 2.45) is 11.3 Å². The fraction of sp³-hybridized carbons (Fsp3) is 0.726. The van der Waals surface area contributed by atoms with Gasteiger partial charge in [0.1, 0.15) is 31.1 Å². The average molecular weight is 1360 g/mol. The van der Waals surface area contributed by atoms with E-state index in [-0.39, 0.29) is 44.3 Å². The molecule has 0 N–H and O–H groups in total. The first-order valence-electron chi connectivity index (χ1n) is 35.1. The van der Waals surface area contributed by atoms with Crippen molar-refractivity contribution in [2.45, 2.75) is 342 Å². The SMILES string of the molecule is CC.CC.CC.CC.CC.CC.CC.CC(C)(C)C1C=CC=C1.CC(C)(C)n1cccn1.CC(C)(C)n1ccnc1.CC(C)(C)n1ccnn1.CC(C)(C)n1cncn1.CC(C)(C)n1cnnc1.CC(C)(C)n1nccn1.Cc1nnn(C(C)(C)C)n1.Cc1nnnn1C(C)(C)C. The Morgan fingerprint density at radius 1 is 0.340 bits per heavy atom. The van der Waals surface area contributed by atoms with Crippen molar-refractivity contribution in [1.82, 2.24) is 119 Å². The van der Waals surface area contributed by atoms with Gasteiger partial charge in [-0.25, -0.2) is 24.0 Å². The number of aromatic nitrogens is 24. The van der Waals surface area contributed by atoms with E-state index < -0.39 is 0 Å². The molecule has 1 aliphatic carbocycles. The van der Waals surface area contributed by atoms with E-state index in [2.05, 4.69) is 277 Å². The van der Waals surface area contributed by atoms with Crippen LogP contribution < -0.4 is 0 Å². The summed E-state index contributed by atoms with van der Waals surface area (Å²) in [6, 6.07) is 1.94.